The molecule has 1 atom stereocenters. The number of rotatable bonds is 5. The zero-order valence-corrected chi connectivity index (χ0v) is 15.2. The number of anilines is 1. The summed E-state index contributed by atoms with van der Waals surface area (Å²) in [4.78, 5) is 26.4. The van der Waals surface area contributed by atoms with Gasteiger partial charge in [-0.15, -0.1) is 0 Å². The molecular weight excluding hydrogens is 370 g/mol. The average Bonchev–Trinajstić information content (AvgIpc) is 2.64. The molecule has 0 bridgehead atoms. The first kappa shape index (κ1) is 19.0. The van der Waals surface area contributed by atoms with Crippen molar-refractivity contribution in [2.45, 2.75) is 17.5 Å². The van der Waals surface area contributed by atoms with Crippen molar-refractivity contribution in [1.29, 1.82) is 0 Å². The Kier molecular flexibility index (Phi) is 5.54. The lowest BCUT2D eigenvalue weighted by Gasteiger charge is -2.34. The summed E-state index contributed by atoms with van der Waals surface area (Å²) in [7, 11) is -3.80. The molecule has 0 spiro atoms. The third kappa shape index (κ3) is 4.70. The highest BCUT2D eigenvalue weighted by Crippen LogP contribution is 2.17. The zero-order valence-electron chi connectivity index (χ0n) is 14.4. The molecule has 0 saturated carbocycles. The minimum Gasteiger partial charge on any atom is -0.369 e. The molecule has 1 saturated heterocycles. The van der Waals surface area contributed by atoms with E-state index in [9.17, 15) is 18.0 Å². The van der Waals surface area contributed by atoms with Crippen LogP contribution in [-0.4, -0.2) is 44.4 Å². The Labute approximate surface area is 157 Å². The second kappa shape index (κ2) is 7.87. The first-order valence-corrected chi connectivity index (χ1v) is 9.74. The number of hydrogen-bond acceptors (Lipinski definition) is 5. The van der Waals surface area contributed by atoms with Crippen molar-refractivity contribution in [3.8, 4) is 0 Å². The fourth-order valence-electron chi connectivity index (χ4n) is 2.75. The van der Waals surface area contributed by atoms with E-state index in [0.717, 1.165) is 5.56 Å². The monoisotopic (exact) mass is 389 g/mol. The number of hydrogen-bond donors (Lipinski definition) is 2. The minimum atomic E-state index is -3.80. The lowest BCUT2D eigenvalue weighted by molar-refractivity contribution is -0.154. The van der Waals surface area contributed by atoms with Crippen molar-refractivity contribution in [2.75, 3.05) is 18.5 Å². The molecule has 0 aliphatic carbocycles. The fraction of sp³-hybridized carbons (Fsp3) is 0.222. The topological polar surface area (TPSA) is 119 Å². The van der Waals surface area contributed by atoms with Gasteiger partial charge >= 0.3 is 0 Å². The Bertz CT molecular complexity index is 929. The summed E-state index contributed by atoms with van der Waals surface area (Å²) in [6.07, 6.45) is 0. The maximum Gasteiger partial charge on any atom is 0.249 e. The first-order chi connectivity index (χ1) is 12.8. The van der Waals surface area contributed by atoms with E-state index in [1.54, 1.807) is 0 Å². The number of amides is 2. The Balaban J connectivity index is 1.74. The van der Waals surface area contributed by atoms with Crippen LogP contribution in [0.4, 0.5) is 5.69 Å². The highest BCUT2D eigenvalue weighted by atomic mass is 32.2. The van der Waals surface area contributed by atoms with Gasteiger partial charge in [-0.3, -0.25) is 9.59 Å². The molecule has 3 rings (SSSR count). The molecule has 0 radical (unpaired) electrons. The van der Waals surface area contributed by atoms with Gasteiger partial charge in [0.25, 0.3) is 0 Å². The Morgan fingerprint density at radius 3 is 2.44 bits per heavy atom. The van der Waals surface area contributed by atoms with Crippen molar-refractivity contribution >= 4 is 27.5 Å². The molecule has 2 aromatic carbocycles. The van der Waals surface area contributed by atoms with Gasteiger partial charge in [0.1, 0.15) is 12.6 Å². The van der Waals surface area contributed by atoms with Crippen LogP contribution in [0.1, 0.15) is 5.56 Å². The van der Waals surface area contributed by atoms with Crippen LogP contribution < -0.4 is 10.5 Å². The number of ether oxygens (including phenoxy) is 1. The van der Waals surface area contributed by atoms with Gasteiger partial charge in [0.2, 0.25) is 21.8 Å². The average molecular weight is 389 g/mol. The maximum atomic E-state index is 12.7. The molecule has 9 heteroatoms. The number of morpholine rings is 1. The highest BCUT2D eigenvalue weighted by Gasteiger charge is 2.34. The third-order valence-corrected chi connectivity index (χ3v) is 5.08. The largest absolute Gasteiger partial charge is 0.369 e. The normalized spacial score (nSPS) is 17.6. The van der Waals surface area contributed by atoms with Crippen LogP contribution in [0.25, 0.3) is 0 Å². The molecule has 142 valence electrons. The van der Waals surface area contributed by atoms with Crippen LogP contribution in [0.15, 0.2) is 59.5 Å². The van der Waals surface area contributed by atoms with Gasteiger partial charge in [-0.1, -0.05) is 30.3 Å². The van der Waals surface area contributed by atoms with Gasteiger partial charge in [-0.25, -0.2) is 13.6 Å². The SMILES string of the molecule is NS(=O)(=O)c1ccc(NC(=O)[C@@H]2COCC(=O)N2Cc2ccccc2)cc1. The van der Waals surface area contributed by atoms with Crippen LogP contribution in [0.2, 0.25) is 0 Å². The lowest BCUT2D eigenvalue weighted by atomic mass is 10.1. The summed E-state index contributed by atoms with van der Waals surface area (Å²) in [6.45, 7) is 0.310. The molecule has 27 heavy (non-hydrogen) atoms. The number of primary sulfonamides is 1. The van der Waals surface area contributed by atoms with Gasteiger partial charge in [-0.2, -0.15) is 0 Å². The van der Waals surface area contributed by atoms with Gasteiger partial charge in [0.15, 0.2) is 0 Å². The Hall–Kier alpha value is -2.75. The fourth-order valence-corrected chi connectivity index (χ4v) is 3.27. The van der Waals surface area contributed by atoms with Gasteiger partial charge < -0.3 is 15.0 Å². The van der Waals surface area contributed by atoms with Gasteiger partial charge in [-0.05, 0) is 29.8 Å². The lowest BCUT2D eigenvalue weighted by Crippen LogP contribution is -2.54. The maximum absolute atomic E-state index is 12.7. The number of nitrogens with zero attached hydrogens (tertiary/aromatic N) is 1. The predicted molar refractivity (Wildman–Crippen MR) is 98.0 cm³/mol. The van der Waals surface area contributed by atoms with E-state index >= 15 is 0 Å². The number of carbonyl (C=O) groups excluding carboxylic acids is 2. The summed E-state index contributed by atoms with van der Waals surface area (Å²) < 4.78 is 27.8. The number of sulfonamides is 1. The number of nitrogens with two attached hydrogens (primary N) is 1. The molecule has 0 aromatic heterocycles. The predicted octanol–water partition coefficient (Wildman–Crippen LogP) is 0.700. The standard InChI is InChI=1S/C18H19N3O5S/c19-27(24,25)15-8-6-14(7-9-15)20-18(23)16-11-26-12-17(22)21(16)10-13-4-2-1-3-5-13/h1-9,16H,10-12H2,(H,20,23)(H2,19,24,25)/t16-/m0/s1. The molecule has 1 fully saturated rings. The molecule has 2 aromatic rings. The van der Waals surface area contributed by atoms with Crippen LogP contribution in [0.3, 0.4) is 0 Å². The molecule has 0 unspecified atom stereocenters. The summed E-state index contributed by atoms with van der Waals surface area (Å²) in [5.74, 6) is -0.683. The van der Waals surface area contributed by atoms with Crippen LogP contribution in [0, 0.1) is 0 Å². The molecule has 1 heterocycles. The second-order valence-corrected chi connectivity index (χ2v) is 7.66. The van der Waals surface area contributed by atoms with Crippen LogP contribution in [0.5, 0.6) is 0 Å². The number of benzene rings is 2. The van der Waals surface area contributed by atoms with Gasteiger partial charge in [0, 0.05) is 12.2 Å². The molecule has 1 aliphatic rings. The minimum absolute atomic E-state index is 0.0534. The van der Waals surface area contributed by atoms with E-state index in [1.807, 2.05) is 30.3 Å². The van der Waals surface area contributed by atoms with Crippen molar-refractivity contribution in [3.05, 3.63) is 60.2 Å². The first-order valence-electron chi connectivity index (χ1n) is 8.19. The zero-order chi connectivity index (χ0) is 19.4. The van der Waals surface area contributed by atoms with E-state index in [-0.39, 0.29) is 24.0 Å². The summed E-state index contributed by atoms with van der Waals surface area (Å²) in [5, 5.41) is 7.73. The number of nitrogens with one attached hydrogen (secondary N) is 1. The highest BCUT2D eigenvalue weighted by molar-refractivity contribution is 7.89. The Morgan fingerprint density at radius 1 is 1.15 bits per heavy atom. The smallest absolute Gasteiger partial charge is 0.249 e. The van der Waals surface area contributed by atoms with E-state index in [4.69, 9.17) is 9.88 Å². The molecule has 3 N–H and O–H groups in total. The van der Waals surface area contributed by atoms with Crippen molar-refractivity contribution in [1.82, 2.24) is 4.90 Å². The second-order valence-electron chi connectivity index (χ2n) is 6.10. The van der Waals surface area contributed by atoms with Crippen molar-refractivity contribution < 1.29 is 22.7 Å². The quantitative estimate of drug-likeness (QED) is 0.780. The summed E-state index contributed by atoms with van der Waals surface area (Å²) in [6, 6.07) is 14.0. The van der Waals surface area contributed by atoms with Gasteiger partial charge in [0.05, 0.1) is 11.5 Å². The van der Waals surface area contributed by atoms with Crippen LogP contribution >= 0.6 is 0 Å². The molecule has 1 aliphatic heterocycles. The van der Waals surface area contributed by atoms with E-state index in [1.165, 1.54) is 29.2 Å². The van der Waals surface area contributed by atoms with Crippen molar-refractivity contribution in [2.24, 2.45) is 5.14 Å². The molecular formula is C18H19N3O5S. The molecule has 8 nitrogen and oxygen atoms in total. The van der Waals surface area contributed by atoms with Crippen molar-refractivity contribution in [3.63, 3.8) is 0 Å². The van der Waals surface area contributed by atoms with E-state index < -0.39 is 22.0 Å². The van der Waals surface area contributed by atoms with Crippen LogP contribution in [-0.2, 0) is 30.9 Å². The third-order valence-electron chi connectivity index (χ3n) is 4.15. The molecule has 2 amide bonds. The summed E-state index contributed by atoms with van der Waals surface area (Å²) >= 11 is 0. The van der Waals surface area contributed by atoms with E-state index in [2.05, 4.69) is 5.32 Å². The number of carbonyl (C=O) groups is 2. The summed E-state index contributed by atoms with van der Waals surface area (Å²) in [5.41, 5.74) is 1.30. The Morgan fingerprint density at radius 2 is 1.81 bits per heavy atom. The van der Waals surface area contributed by atoms with E-state index in [0.29, 0.717) is 12.2 Å².